The average Bonchev–Trinajstić information content (AvgIpc) is 2.41. The van der Waals surface area contributed by atoms with E-state index in [9.17, 15) is 13.2 Å². The Bertz CT molecular complexity index is 470. The molecule has 0 N–H and O–H groups in total. The largest absolute Gasteiger partial charge is 0.433 e. The van der Waals surface area contributed by atoms with E-state index < -0.39 is 11.9 Å². The van der Waals surface area contributed by atoms with Crippen molar-refractivity contribution in [3.05, 3.63) is 35.7 Å². The molecule has 2 rings (SSSR count). The van der Waals surface area contributed by atoms with Crippen molar-refractivity contribution in [1.82, 2.24) is 9.61 Å². The van der Waals surface area contributed by atoms with Crippen LogP contribution in [0.4, 0.5) is 13.2 Å². The second kappa shape index (κ2) is 2.73. The van der Waals surface area contributed by atoms with Crippen LogP contribution in [0.3, 0.4) is 0 Å². The molecule has 0 aliphatic heterocycles. The lowest BCUT2D eigenvalue weighted by Gasteiger charge is -2.07. The molecule has 74 valence electrons. The lowest BCUT2D eigenvalue weighted by molar-refractivity contribution is -0.142. The van der Waals surface area contributed by atoms with Crippen LogP contribution in [0.1, 0.15) is 11.4 Å². The highest BCUT2D eigenvalue weighted by Gasteiger charge is 2.33. The third-order valence-corrected chi connectivity index (χ3v) is 1.90. The normalized spacial score (nSPS) is 12.3. The molecule has 0 radical (unpaired) electrons. The first-order valence-corrected chi connectivity index (χ1v) is 4.01. The van der Waals surface area contributed by atoms with Crippen LogP contribution < -0.4 is 0 Å². The van der Waals surface area contributed by atoms with Crippen molar-refractivity contribution in [2.45, 2.75) is 13.1 Å². The number of aromatic nitrogens is 2. The first-order chi connectivity index (χ1) is 6.48. The number of halogens is 3. The summed E-state index contributed by atoms with van der Waals surface area (Å²) in [5.74, 6) is 0. The van der Waals surface area contributed by atoms with Gasteiger partial charge in [-0.3, -0.25) is 0 Å². The van der Waals surface area contributed by atoms with Crippen LogP contribution >= 0.6 is 0 Å². The summed E-state index contributed by atoms with van der Waals surface area (Å²) in [5, 5.41) is 3.78. The van der Waals surface area contributed by atoms with E-state index in [0.29, 0.717) is 11.2 Å². The van der Waals surface area contributed by atoms with Crippen LogP contribution in [0.5, 0.6) is 0 Å². The van der Waals surface area contributed by atoms with Crippen molar-refractivity contribution < 1.29 is 13.2 Å². The molecule has 2 nitrogen and oxygen atoms in total. The van der Waals surface area contributed by atoms with Gasteiger partial charge in [0.05, 0.1) is 11.2 Å². The zero-order chi connectivity index (χ0) is 10.3. The fourth-order valence-electron chi connectivity index (χ4n) is 1.35. The summed E-state index contributed by atoms with van der Waals surface area (Å²) in [7, 11) is 0. The van der Waals surface area contributed by atoms with E-state index in [2.05, 4.69) is 5.10 Å². The molecule has 0 saturated carbocycles. The Balaban J connectivity index is 2.77. The third kappa shape index (κ3) is 1.34. The SMILES string of the molecule is Cc1cc2cccc(C(F)(F)F)n2n1. The molecule has 2 aromatic rings. The van der Waals surface area contributed by atoms with E-state index in [1.807, 2.05) is 0 Å². The highest BCUT2D eigenvalue weighted by Crippen LogP contribution is 2.29. The van der Waals surface area contributed by atoms with E-state index >= 15 is 0 Å². The minimum atomic E-state index is -4.36. The number of hydrogen-bond acceptors (Lipinski definition) is 1. The second-order valence-corrected chi connectivity index (χ2v) is 3.03. The fraction of sp³-hybridized carbons (Fsp3) is 0.222. The van der Waals surface area contributed by atoms with Crippen molar-refractivity contribution in [3.63, 3.8) is 0 Å². The first kappa shape index (κ1) is 9.05. The molecule has 0 bridgehead atoms. The maximum absolute atomic E-state index is 12.5. The Hall–Kier alpha value is -1.52. The van der Waals surface area contributed by atoms with Gasteiger partial charge in [0.15, 0.2) is 0 Å². The quantitative estimate of drug-likeness (QED) is 0.639. The Kier molecular flexibility index (Phi) is 1.77. The summed E-state index contributed by atoms with van der Waals surface area (Å²) in [6, 6.07) is 5.59. The minimum Gasteiger partial charge on any atom is -0.228 e. The second-order valence-electron chi connectivity index (χ2n) is 3.03. The van der Waals surface area contributed by atoms with Gasteiger partial charge >= 0.3 is 6.18 Å². The van der Waals surface area contributed by atoms with Crippen LogP contribution in [0.15, 0.2) is 24.3 Å². The molecular weight excluding hydrogens is 193 g/mol. The number of hydrogen-bond donors (Lipinski definition) is 0. The van der Waals surface area contributed by atoms with Gasteiger partial charge in [0.25, 0.3) is 0 Å². The predicted molar refractivity (Wildman–Crippen MR) is 44.9 cm³/mol. The zero-order valence-corrected chi connectivity index (χ0v) is 7.34. The third-order valence-electron chi connectivity index (χ3n) is 1.90. The molecule has 5 heteroatoms. The number of fused-ring (bicyclic) bond motifs is 1. The van der Waals surface area contributed by atoms with Gasteiger partial charge in [-0.15, -0.1) is 0 Å². The summed E-state index contributed by atoms with van der Waals surface area (Å²) in [4.78, 5) is 0. The summed E-state index contributed by atoms with van der Waals surface area (Å²) in [5.41, 5.74) is 0.280. The summed E-state index contributed by atoms with van der Waals surface area (Å²) in [6.07, 6.45) is -4.36. The molecule has 0 atom stereocenters. The van der Waals surface area contributed by atoms with Crippen molar-refractivity contribution in [2.24, 2.45) is 0 Å². The maximum Gasteiger partial charge on any atom is 0.433 e. The number of rotatable bonds is 0. The summed E-state index contributed by atoms with van der Waals surface area (Å²) in [6.45, 7) is 1.66. The topological polar surface area (TPSA) is 17.3 Å². The van der Waals surface area contributed by atoms with Gasteiger partial charge in [-0.25, -0.2) is 4.52 Å². The van der Waals surface area contributed by atoms with E-state index in [-0.39, 0.29) is 0 Å². The number of nitrogens with zero attached hydrogens (tertiary/aromatic N) is 2. The van der Waals surface area contributed by atoms with Crippen LogP contribution in [-0.2, 0) is 6.18 Å². The van der Waals surface area contributed by atoms with E-state index in [0.717, 1.165) is 10.6 Å². The monoisotopic (exact) mass is 200 g/mol. The molecule has 0 aliphatic rings. The summed E-state index contributed by atoms with van der Waals surface area (Å²) < 4.78 is 38.3. The molecule has 2 aromatic heterocycles. The fourth-order valence-corrected chi connectivity index (χ4v) is 1.35. The van der Waals surface area contributed by atoms with Gasteiger partial charge in [-0.1, -0.05) is 6.07 Å². The molecular formula is C9H7F3N2. The number of alkyl halides is 3. The molecule has 0 unspecified atom stereocenters. The molecule has 0 fully saturated rings. The van der Waals surface area contributed by atoms with Crippen LogP contribution in [0.2, 0.25) is 0 Å². The van der Waals surface area contributed by atoms with E-state index in [1.165, 1.54) is 6.07 Å². The Morgan fingerprint density at radius 2 is 2.00 bits per heavy atom. The molecule has 2 heterocycles. The van der Waals surface area contributed by atoms with Crippen LogP contribution in [0, 0.1) is 6.92 Å². The summed E-state index contributed by atoms with van der Waals surface area (Å²) >= 11 is 0. The average molecular weight is 200 g/mol. The molecule has 14 heavy (non-hydrogen) atoms. The van der Waals surface area contributed by atoms with Gasteiger partial charge in [-0.05, 0) is 25.1 Å². The van der Waals surface area contributed by atoms with Gasteiger partial charge < -0.3 is 0 Å². The highest BCUT2D eigenvalue weighted by molar-refractivity contribution is 5.48. The molecule has 0 saturated heterocycles. The lowest BCUT2D eigenvalue weighted by Crippen LogP contribution is -2.11. The Labute approximate surface area is 78.0 Å². The van der Waals surface area contributed by atoms with Gasteiger partial charge in [0.1, 0.15) is 5.69 Å². The first-order valence-electron chi connectivity index (χ1n) is 4.01. The van der Waals surface area contributed by atoms with E-state index in [4.69, 9.17) is 0 Å². The number of pyridine rings is 1. The minimum absolute atomic E-state index is 0.456. The van der Waals surface area contributed by atoms with Gasteiger partial charge in [0.2, 0.25) is 0 Å². The van der Waals surface area contributed by atoms with Crippen molar-refractivity contribution >= 4 is 5.52 Å². The predicted octanol–water partition coefficient (Wildman–Crippen LogP) is 2.66. The lowest BCUT2D eigenvalue weighted by atomic mass is 10.3. The molecule has 0 aliphatic carbocycles. The Morgan fingerprint density at radius 1 is 1.29 bits per heavy atom. The standard InChI is InChI=1S/C9H7F3N2/c1-6-5-7-3-2-4-8(9(10,11)12)14(7)13-6/h2-5H,1H3. The van der Waals surface area contributed by atoms with Gasteiger partial charge in [-0.2, -0.15) is 18.3 Å². The molecule has 0 spiro atoms. The maximum atomic E-state index is 12.5. The van der Waals surface area contributed by atoms with Crippen molar-refractivity contribution in [2.75, 3.05) is 0 Å². The van der Waals surface area contributed by atoms with Crippen LogP contribution in [0.25, 0.3) is 5.52 Å². The molecule has 0 aromatic carbocycles. The Morgan fingerprint density at radius 3 is 2.64 bits per heavy atom. The van der Waals surface area contributed by atoms with Gasteiger partial charge in [0, 0.05) is 0 Å². The van der Waals surface area contributed by atoms with Crippen molar-refractivity contribution in [3.8, 4) is 0 Å². The molecule has 0 amide bonds. The van der Waals surface area contributed by atoms with E-state index in [1.54, 1.807) is 19.1 Å². The zero-order valence-electron chi connectivity index (χ0n) is 7.34. The number of aryl methyl sites for hydroxylation is 1. The highest BCUT2D eigenvalue weighted by atomic mass is 19.4. The van der Waals surface area contributed by atoms with Crippen LogP contribution in [-0.4, -0.2) is 9.61 Å². The smallest absolute Gasteiger partial charge is 0.228 e. The van der Waals surface area contributed by atoms with Crippen molar-refractivity contribution in [1.29, 1.82) is 0 Å².